The molecule has 0 bridgehead atoms. The first-order valence-electron chi connectivity index (χ1n) is 10.1. The molecular formula is C21H31N7O. The lowest BCUT2D eigenvalue weighted by molar-refractivity contribution is 0.260. The minimum absolute atomic E-state index is 0.0164. The van der Waals surface area contributed by atoms with Crippen molar-refractivity contribution < 1.29 is 5.11 Å². The molecule has 0 fully saturated rings. The smallest absolute Gasteiger partial charge is 0.228 e. The number of nitrogens with one attached hydrogen (secondary N) is 2. The highest BCUT2D eigenvalue weighted by molar-refractivity contribution is 5.89. The van der Waals surface area contributed by atoms with Gasteiger partial charge in [0.25, 0.3) is 0 Å². The van der Waals surface area contributed by atoms with Crippen molar-refractivity contribution in [2.75, 3.05) is 17.7 Å². The summed E-state index contributed by atoms with van der Waals surface area (Å²) in [7, 11) is 0. The number of H-pyrrole nitrogens is 1. The molecule has 3 aromatic rings. The van der Waals surface area contributed by atoms with E-state index in [1.54, 1.807) is 0 Å². The molecule has 2 aromatic heterocycles. The standard InChI is InChI=1S/C21H31N7O/c1-6-15(11-29)24-21-25-20(23-16-9-7-14(22)8-10-16)18-19(28(21)13(4)5)17(12(2)3)26-27-18/h7-10,12-13,15,29H,6,11,22H2,1-5H3,(H,26,27)(H,23,24,25). The molecule has 0 radical (unpaired) electrons. The number of aromatic amines is 1. The zero-order valence-electron chi connectivity index (χ0n) is 17.8. The molecular weight excluding hydrogens is 366 g/mol. The molecule has 5 N–H and O–H groups in total. The van der Waals surface area contributed by atoms with Gasteiger partial charge in [-0.2, -0.15) is 10.1 Å². The second-order valence-corrected chi connectivity index (χ2v) is 7.83. The molecule has 156 valence electrons. The minimum Gasteiger partial charge on any atom is -0.399 e. The van der Waals surface area contributed by atoms with Crippen LogP contribution in [0.4, 0.5) is 17.2 Å². The number of benzene rings is 1. The summed E-state index contributed by atoms with van der Waals surface area (Å²) in [6.45, 7) is 10.5. The molecule has 0 saturated heterocycles. The van der Waals surface area contributed by atoms with Gasteiger partial charge in [0.15, 0.2) is 11.3 Å². The second kappa shape index (κ2) is 8.65. The lowest BCUT2D eigenvalue weighted by atomic mass is 10.1. The fraction of sp³-hybridized carbons (Fsp3) is 0.476. The molecule has 2 heterocycles. The van der Waals surface area contributed by atoms with Crippen LogP contribution in [0.25, 0.3) is 11.0 Å². The van der Waals surface area contributed by atoms with E-state index >= 15 is 0 Å². The van der Waals surface area contributed by atoms with Crippen LogP contribution in [0.15, 0.2) is 29.3 Å². The number of nitrogens with zero attached hydrogens (tertiary/aromatic N) is 4. The zero-order chi connectivity index (χ0) is 21.1. The third kappa shape index (κ3) is 4.27. The van der Waals surface area contributed by atoms with Crippen molar-refractivity contribution in [2.24, 2.45) is 4.99 Å². The normalized spacial score (nSPS) is 13.6. The van der Waals surface area contributed by atoms with E-state index < -0.39 is 0 Å². The maximum absolute atomic E-state index is 9.69. The Labute approximate surface area is 170 Å². The fourth-order valence-electron chi connectivity index (χ4n) is 3.26. The van der Waals surface area contributed by atoms with Gasteiger partial charge in [-0.25, -0.2) is 4.99 Å². The summed E-state index contributed by atoms with van der Waals surface area (Å²) in [5, 5.41) is 20.8. The summed E-state index contributed by atoms with van der Waals surface area (Å²) in [6.07, 6.45) is 0.734. The predicted octanol–water partition coefficient (Wildman–Crippen LogP) is 3.46. The van der Waals surface area contributed by atoms with Crippen LogP contribution in [0.2, 0.25) is 0 Å². The van der Waals surface area contributed by atoms with E-state index in [0.717, 1.165) is 28.8 Å². The molecule has 0 spiro atoms. The van der Waals surface area contributed by atoms with Crippen LogP contribution in [-0.2, 0) is 0 Å². The Morgan fingerprint density at radius 3 is 2.45 bits per heavy atom. The molecule has 3 rings (SSSR count). The van der Waals surface area contributed by atoms with Crippen LogP contribution >= 0.6 is 0 Å². The summed E-state index contributed by atoms with van der Waals surface area (Å²) < 4.78 is 2.10. The molecule has 0 aliphatic rings. The van der Waals surface area contributed by atoms with E-state index in [1.807, 2.05) is 31.2 Å². The highest BCUT2D eigenvalue weighted by atomic mass is 16.3. The number of fused-ring (bicyclic) bond motifs is 1. The number of aliphatic hydroxyl groups is 1. The van der Waals surface area contributed by atoms with Crippen LogP contribution in [0.1, 0.15) is 58.7 Å². The van der Waals surface area contributed by atoms with Crippen LogP contribution in [0, 0.1) is 0 Å². The number of rotatable bonds is 7. The molecule has 1 unspecified atom stereocenters. The second-order valence-electron chi connectivity index (χ2n) is 7.83. The Hall–Kier alpha value is -2.87. The Morgan fingerprint density at radius 1 is 1.21 bits per heavy atom. The van der Waals surface area contributed by atoms with E-state index in [0.29, 0.717) is 17.1 Å². The summed E-state index contributed by atoms with van der Waals surface area (Å²) >= 11 is 0. The maximum Gasteiger partial charge on any atom is 0.228 e. The van der Waals surface area contributed by atoms with Gasteiger partial charge in [-0.3, -0.25) is 5.10 Å². The van der Waals surface area contributed by atoms with Gasteiger partial charge < -0.3 is 20.7 Å². The van der Waals surface area contributed by atoms with E-state index in [2.05, 4.69) is 47.8 Å². The summed E-state index contributed by atoms with van der Waals surface area (Å²) in [4.78, 5) is 9.57. The first kappa shape index (κ1) is 20.9. The van der Waals surface area contributed by atoms with Gasteiger partial charge in [0.05, 0.1) is 23.9 Å². The molecule has 8 heteroatoms. The van der Waals surface area contributed by atoms with Gasteiger partial charge in [0, 0.05) is 17.4 Å². The summed E-state index contributed by atoms with van der Waals surface area (Å²) in [6, 6.07) is 7.41. The van der Waals surface area contributed by atoms with Crippen molar-refractivity contribution in [3.8, 4) is 0 Å². The fourth-order valence-corrected chi connectivity index (χ4v) is 3.26. The highest BCUT2D eigenvalue weighted by Crippen LogP contribution is 2.29. The average molecular weight is 398 g/mol. The molecule has 0 saturated carbocycles. The Balaban J connectivity index is 2.31. The molecule has 8 nitrogen and oxygen atoms in total. The monoisotopic (exact) mass is 397 g/mol. The van der Waals surface area contributed by atoms with Crippen molar-refractivity contribution in [3.05, 3.63) is 35.6 Å². The third-order valence-corrected chi connectivity index (χ3v) is 4.91. The minimum atomic E-state index is -0.205. The number of aromatic nitrogens is 4. The Kier molecular flexibility index (Phi) is 6.22. The van der Waals surface area contributed by atoms with Gasteiger partial charge >= 0.3 is 0 Å². The SMILES string of the molecule is CCC(CO)N=c1nc(Nc2ccc(N)cc2)c2n[nH]c(C(C)C)c2n1C(C)C. The van der Waals surface area contributed by atoms with Crippen molar-refractivity contribution >= 4 is 28.2 Å². The van der Waals surface area contributed by atoms with Crippen molar-refractivity contribution in [2.45, 2.75) is 59.0 Å². The molecule has 29 heavy (non-hydrogen) atoms. The molecule has 0 amide bonds. The Bertz CT molecular complexity index is 1030. The first-order valence-corrected chi connectivity index (χ1v) is 10.1. The highest BCUT2D eigenvalue weighted by Gasteiger charge is 2.20. The quantitative estimate of drug-likeness (QED) is 0.456. The maximum atomic E-state index is 9.69. The molecule has 1 aromatic carbocycles. The molecule has 0 aliphatic carbocycles. The van der Waals surface area contributed by atoms with Crippen molar-refractivity contribution in [1.82, 2.24) is 19.7 Å². The van der Waals surface area contributed by atoms with Crippen LogP contribution in [0.5, 0.6) is 0 Å². The predicted molar refractivity (Wildman–Crippen MR) is 117 cm³/mol. The van der Waals surface area contributed by atoms with Gasteiger partial charge in [0.1, 0.15) is 0 Å². The number of nitrogen functional groups attached to an aromatic ring is 1. The van der Waals surface area contributed by atoms with Gasteiger partial charge in [-0.1, -0.05) is 20.8 Å². The van der Waals surface area contributed by atoms with Gasteiger partial charge in [-0.05, 0) is 50.5 Å². The third-order valence-electron chi connectivity index (χ3n) is 4.91. The number of hydrogen-bond donors (Lipinski definition) is 4. The first-order chi connectivity index (χ1) is 13.8. The lowest BCUT2D eigenvalue weighted by Gasteiger charge is -2.18. The summed E-state index contributed by atoms with van der Waals surface area (Å²) in [5.41, 5.74) is 10.7. The van der Waals surface area contributed by atoms with E-state index in [9.17, 15) is 5.11 Å². The van der Waals surface area contributed by atoms with Crippen LogP contribution in [-0.4, -0.2) is 37.5 Å². The number of anilines is 3. The number of hydrogen-bond acceptors (Lipinski definition) is 6. The van der Waals surface area contributed by atoms with Crippen LogP contribution in [0.3, 0.4) is 0 Å². The van der Waals surface area contributed by atoms with E-state index in [4.69, 9.17) is 15.7 Å². The zero-order valence-corrected chi connectivity index (χ0v) is 17.8. The summed E-state index contributed by atoms with van der Waals surface area (Å²) in [5.74, 6) is 0.876. The van der Waals surface area contributed by atoms with E-state index in [-0.39, 0.29) is 24.6 Å². The lowest BCUT2D eigenvalue weighted by Crippen LogP contribution is -2.30. The van der Waals surface area contributed by atoms with Gasteiger partial charge in [0.2, 0.25) is 5.62 Å². The van der Waals surface area contributed by atoms with Crippen LogP contribution < -0.4 is 16.7 Å². The number of nitrogens with two attached hydrogens (primary N) is 1. The number of aliphatic hydroxyl groups excluding tert-OH is 1. The van der Waals surface area contributed by atoms with Gasteiger partial charge in [-0.15, -0.1) is 0 Å². The molecule has 0 aliphatic heterocycles. The largest absolute Gasteiger partial charge is 0.399 e. The topological polar surface area (TPSA) is 117 Å². The average Bonchev–Trinajstić information content (AvgIpc) is 3.12. The molecule has 1 atom stereocenters. The van der Waals surface area contributed by atoms with Crippen molar-refractivity contribution in [3.63, 3.8) is 0 Å². The Morgan fingerprint density at radius 2 is 1.90 bits per heavy atom. The van der Waals surface area contributed by atoms with E-state index in [1.165, 1.54) is 0 Å². The van der Waals surface area contributed by atoms with Crippen molar-refractivity contribution in [1.29, 1.82) is 0 Å².